The second kappa shape index (κ2) is 4.50. The van der Waals surface area contributed by atoms with Crippen molar-refractivity contribution in [3.63, 3.8) is 0 Å². The number of hydrogen-bond donors (Lipinski definition) is 2. The van der Waals surface area contributed by atoms with Crippen molar-refractivity contribution in [1.82, 2.24) is 10.4 Å². The fourth-order valence-corrected chi connectivity index (χ4v) is 5.74. The van der Waals surface area contributed by atoms with Crippen LogP contribution in [0.2, 0.25) is 0 Å². The van der Waals surface area contributed by atoms with Crippen molar-refractivity contribution in [2.45, 2.75) is 44.6 Å². The van der Waals surface area contributed by atoms with Gasteiger partial charge in [0.15, 0.2) is 0 Å². The van der Waals surface area contributed by atoms with Crippen LogP contribution < -0.4 is 11.3 Å². The lowest BCUT2D eigenvalue weighted by Crippen LogP contribution is -2.53. The Hall–Kier alpha value is -1.00. The van der Waals surface area contributed by atoms with Gasteiger partial charge in [-0.25, -0.2) is 4.39 Å². The number of hydrazine groups is 1. The smallest absolute Gasteiger partial charge is 0.141 e. The van der Waals surface area contributed by atoms with Gasteiger partial charge in [0.2, 0.25) is 0 Å². The molecular formula is C16H22FN3. The van der Waals surface area contributed by atoms with E-state index in [9.17, 15) is 4.39 Å². The number of rotatable bonds is 3. The molecule has 3 nitrogen and oxygen atoms in total. The van der Waals surface area contributed by atoms with E-state index >= 15 is 0 Å². The van der Waals surface area contributed by atoms with Crippen LogP contribution in [-0.2, 0) is 0 Å². The lowest BCUT2D eigenvalue weighted by atomic mass is 9.47. The molecule has 1 heterocycles. The van der Waals surface area contributed by atoms with Crippen molar-refractivity contribution in [3.05, 3.63) is 29.8 Å². The summed E-state index contributed by atoms with van der Waals surface area (Å²) in [6.45, 7) is 0. The van der Waals surface area contributed by atoms with Crippen LogP contribution in [0.1, 0.15) is 50.1 Å². The van der Waals surface area contributed by atoms with Crippen molar-refractivity contribution in [2.24, 2.45) is 29.0 Å². The average Bonchev–Trinajstić information content (AvgIpc) is 2.37. The summed E-state index contributed by atoms with van der Waals surface area (Å²) in [5.74, 6) is 8.18. The summed E-state index contributed by atoms with van der Waals surface area (Å²) in [4.78, 5) is 4.01. The lowest BCUT2D eigenvalue weighted by molar-refractivity contribution is -0.0750. The Morgan fingerprint density at radius 3 is 2.25 bits per heavy atom. The summed E-state index contributed by atoms with van der Waals surface area (Å²) in [7, 11) is 0. The maximum Gasteiger partial charge on any atom is 0.141 e. The first kappa shape index (κ1) is 12.7. The van der Waals surface area contributed by atoms with Crippen molar-refractivity contribution >= 4 is 0 Å². The summed E-state index contributed by atoms with van der Waals surface area (Å²) in [6, 6.07) is 1.63. The second-order valence-corrected chi connectivity index (χ2v) is 7.32. The van der Waals surface area contributed by atoms with Crippen molar-refractivity contribution < 1.29 is 4.39 Å². The molecule has 5 rings (SSSR count). The maximum atomic E-state index is 13.5. The molecule has 0 aliphatic heterocycles. The minimum atomic E-state index is -0.271. The Labute approximate surface area is 119 Å². The fourth-order valence-electron chi connectivity index (χ4n) is 5.74. The number of nitrogens with one attached hydrogen (secondary N) is 1. The predicted molar refractivity (Wildman–Crippen MR) is 74.9 cm³/mol. The third kappa shape index (κ3) is 1.89. The number of pyridine rings is 1. The van der Waals surface area contributed by atoms with Crippen LogP contribution in [0.4, 0.5) is 4.39 Å². The van der Waals surface area contributed by atoms with Gasteiger partial charge in [-0.3, -0.25) is 16.3 Å². The molecule has 4 saturated carbocycles. The summed E-state index contributed by atoms with van der Waals surface area (Å²) < 4.78 is 13.5. The van der Waals surface area contributed by atoms with Crippen LogP contribution in [0.15, 0.2) is 18.5 Å². The highest BCUT2D eigenvalue weighted by atomic mass is 19.1. The molecule has 0 aromatic carbocycles. The summed E-state index contributed by atoms with van der Waals surface area (Å²) >= 11 is 0. The predicted octanol–water partition coefficient (Wildman–Crippen LogP) is 2.94. The molecule has 4 fully saturated rings. The molecule has 4 aliphatic rings. The molecule has 1 atom stereocenters. The van der Waals surface area contributed by atoms with E-state index in [1.165, 1.54) is 44.7 Å². The van der Waals surface area contributed by atoms with E-state index in [0.717, 1.165) is 23.3 Å². The third-order valence-electron chi connectivity index (χ3n) is 5.92. The van der Waals surface area contributed by atoms with E-state index in [1.807, 2.05) is 0 Å². The van der Waals surface area contributed by atoms with Gasteiger partial charge in [0, 0.05) is 6.20 Å². The maximum absolute atomic E-state index is 13.5. The number of aromatic nitrogens is 1. The standard InChI is InChI=1S/C16H22FN3/c17-14-4-13(8-19-9-14)15(20-18)16-5-10-1-11(6-16)3-12(2-10)7-16/h4,8-12,15,20H,1-3,5-7,18H2. The average molecular weight is 275 g/mol. The zero-order chi connectivity index (χ0) is 13.7. The third-order valence-corrected chi connectivity index (χ3v) is 5.92. The number of nitrogens with two attached hydrogens (primary N) is 1. The molecule has 4 aliphatic carbocycles. The molecule has 108 valence electrons. The normalized spacial score (nSPS) is 40.0. The van der Waals surface area contributed by atoms with E-state index in [0.29, 0.717) is 0 Å². The van der Waals surface area contributed by atoms with Crippen LogP contribution in [0, 0.1) is 29.0 Å². The van der Waals surface area contributed by atoms with Gasteiger partial charge in [0.1, 0.15) is 5.82 Å². The minimum absolute atomic E-state index is 0.0408. The van der Waals surface area contributed by atoms with Gasteiger partial charge < -0.3 is 0 Å². The van der Waals surface area contributed by atoms with Gasteiger partial charge in [0.05, 0.1) is 12.2 Å². The highest BCUT2D eigenvalue weighted by Gasteiger charge is 2.54. The molecule has 4 heteroatoms. The van der Waals surface area contributed by atoms with Crippen LogP contribution in [-0.4, -0.2) is 4.98 Å². The van der Waals surface area contributed by atoms with Crippen LogP contribution in [0.5, 0.6) is 0 Å². The molecule has 0 spiro atoms. The van der Waals surface area contributed by atoms with Crippen LogP contribution >= 0.6 is 0 Å². The van der Waals surface area contributed by atoms with Gasteiger partial charge in [-0.15, -0.1) is 0 Å². The SMILES string of the molecule is NNC(c1cncc(F)c1)C12CC3CC(CC(C3)C1)C2. The molecule has 1 unspecified atom stereocenters. The first-order valence-electron chi connectivity index (χ1n) is 7.75. The Morgan fingerprint density at radius 2 is 1.75 bits per heavy atom. The zero-order valence-electron chi connectivity index (χ0n) is 11.7. The Morgan fingerprint density at radius 1 is 1.15 bits per heavy atom. The Kier molecular flexibility index (Phi) is 2.86. The van der Waals surface area contributed by atoms with E-state index in [1.54, 1.807) is 12.3 Å². The summed E-state index contributed by atoms with van der Waals surface area (Å²) in [6.07, 6.45) is 11.0. The molecule has 1 aromatic rings. The topological polar surface area (TPSA) is 50.9 Å². The Bertz CT molecular complexity index is 481. The monoisotopic (exact) mass is 275 g/mol. The van der Waals surface area contributed by atoms with E-state index < -0.39 is 0 Å². The number of nitrogens with zero attached hydrogens (tertiary/aromatic N) is 1. The van der Waals surface area contributed by atoms with Crippen molar-refractivity contribution in [3.8, 4) is 0 Å². The molecule has 4 bridgehead atoms. The second-order valence-electron chi connectivity index (χ2n) is 7.32. The van der Waals surface area contributed by atoms with Crippen molar-refractivity contribution in [1.29, 1.82) is 0 Å². The molecule has 3 N–H and O–H groups in total. The lowest BCUT2D eigenvalue weighted by Gasteiger charge is -2.59. The minimum Gasteiger partial charge on any atom is -0.271 e. The molecule has 0 radical (unpaired) electrons. The first-order chi connectivity index (χ1) is 9.68. The van der Waals surface area contributed by atoms with Crippen molar-refractivity contribution in [2.75, 3.05) is 0 Å². The van der Waals surface area contributed by atoms with Gasteiger partial charge >= 0.3 is 0 Å². The fraction of sp³-hybridized carbons (Fsp3) is 0.688. The number of halogens is 1. The van der Waals surface area contributed by atoms with Gasteiger partial charge in [-0.1, -0.05) is 0 Å². The molecule has 0 saturated heterocycles. The van der Waals surface area contributed by atoms with Gasteiger partial charge in [0.25, 0.3) is 0 Å². The van der Waals surface area contributed by atoms with E-state index in [-0.39, 0.29) is 17.3 Å². The van der Waals surface area contributed by atoms with Crippen LogP contribution in [0.25, 0.3) is 0 Å². The van der Waals surface area contributed by atoms with Gasteiger partial charge in [-0.05, 0) is 73.3 Å². The molecule has 0 amide bonds. The highest BCUT2D eigenvalue weighted by Crippen LogP contribution is 2.63. The highest BCUT2D eigenvalue weighted by molar-refractivity contribution is 5.21. The summed E-state index contributed by atoms with van der Waals surface area (Å²) in [5.41, 5.74) is 4.13. The zero-order valence-corrected chi connectivity index (χ0v) is 11.7. The molecule has 20 heavy (non-hydrogen) atoms. The summed E-state index contributed by atoms with van der Waals surface area (Å²) in [5, 5.41) is 0. The molecular weight excluding hydrogens is 253 g/mol. The van der Waals surface area contributed by atoms with E-state index in [4.69, 9.17) is 5.84 Å². The Balaban J connectivity index is 1.70. The van der Waals surface area contributed by atoms with Crippen LogP contribution in [0.3, 0.4) is 0 Å². The first-order valence-corrected chi connectivity index (χ1v) is 7.75. The number of hydrogen-bond acceptors (Lipinski definition) is 3. The largest absolute Gasteiger partial charge is 0.271 e. The quantitative estimate of drug-likeness (QED) is 0.658. The van der Waals surface area contributed by atoms with E-state index in [2.05, 4.69) is 10.4 Å². The van der Waals surface area contributed by atoms with Gasteiger partial charge in [-0.2, -0.15) is 0 Å². The molecule has 1 aromatic heterocycles.